The average Bonchev–Trinajstić information content (AvgIpc) is 2.82. The molecule has 0 aliphatic carbocycles. The fraction of sp³-hybridized carbons (Fsp3) is 0.0370. The van der Waals surface area contributed by atoms with Crippen LogP contribution in [0, 0.1) is 11.3 Å². The van der Waals surface area contributed by atoms with E-state index in [1.54, 1.807) is 18.2 Å². The minimum atomic E-state index is -0.453. The molecule has 4 aromatic carbocycles. The van der Waals surface area contributed by atoms with Crippen molar-refractivity contribution < 1.29 is 9.53 Å². The van der Waals surface area contributed by atoms with Crippen molar-refractivity contribution in [3.8, 4) is 11.8 Å². The van der Waals surface area contributed by atoms with E-state index in [0.717, 1.165) is 15.4 Å². The molecule has 0 saturated heterocycles. The summed E-state index contributed by atoms with van der Waals surface area (Å²) in [6.07, 6.45) is 1.55. The Bertz CT molecular complexity index is 1340. The van der Waals surface area contributed by atoms with Crippen LogP contribution in [0.2, 0.25) is 0 Å². The number of hydrogen-bond acceptors (Lipinski definition) is 3. The van der Waals surface area contributed by atoms with Gasteiger partial charge in [0.05, 0.1) is 4.47 Å². The van der Waals surface area contributed by atoms with E-state index in [4.69, 9.17) is 4.74 Å². The van der Waals surface area contributed by atoms with Crippen LogP contribution in [0.3, 0.4) is 0 Å². The summed E-state index contributed by atoms with van der Waals surface area (Å²) in [5.41, 5.74) is 2.47. The van der Waals surface area contributed by atoms with E-state index in [-0.39, 0.29) is 5.57 Å². The highest BCUT2D eigenvalue weighted by Gasteiger charge is 2.11. The van der Waals surface area contributed by atoms with Crippen molar-refractivity contribution in [1.29, 1.82) is 5.26 Å². The number of carbonyl (C=O) groups is 1. The Hall–Kier alpha value is -3.88. The number of halogens is 1. The number of nitriles is 1. The Balaban J connectivity index is 1.48. The van der Waals surface area contributed by atoms with E-state index in [1.165, 1.54) is 5.39 Å². The molecule has 0 aliphatic rings. The summed E-state index contributed by atoms with van der Waals surface area (Å²) < 4.78 is 6.77. The van der Waals surface area contributed by atoms with Crippen molar-refractivity contribution in [2.24, 2.45) is 0 Å². The topological polar surface area (TPSA) is 62.1 Å². The van der Waals surface area contributed by atoms with E-state index in [0.29, 0.717) is 23.6 Å². The minimum absolute atomic E-state index is 0.0187. The van der Waals surface area contributed by atoms with Crippen molar-refractivity contribution in [2.75, 3.05) is 5.32 Å². The standard InChI is InChI=1S/C27H19BrN2O2/c28-25-16-19(15-22(17-29)27(31)30-23-10-2-1-3-11-23)13-14-26(25)32-18-21-9-6-8-20-7-4-5-12-24(20)21/h1-16H,18H2,(H,30,31)/b22-15-. The summed E-state index contributed by atoms with van der Waals surface area (Å²) in [6.45, 7) is 0.429. The van der Waals surface area contributed by atoms with E-state index in [1.807, 2.05) is 60.7 Å². The molecule has 32 heavy (non-hydrogen) atoms. The van der Waals surface area contributed by atoms with E-state index < -0.39 is 5.91 Å². The number of rotatable bonds is 6. The smallest absolute Gasteiger partial charge is 0.266 e. The lowest BCUT2D eigenvalue weighted by atomic mass is 10.1. The van der Waals surface area contributed by atoms with Crippen molar-refractivity contribution in [3.05, 3.63) is 112 Å². The van der Waals surface area contributed by atoms with Gasteiger partial charge in [-0.3, -0.25) is 4.79 Å². The van der Waals surface area contributed by atoms with E-state index in [2.05, 4.69) is 45.5 Å². The summed E-state index contributed by atoms with van der Waals surface area (Å²) in [4.78, 5) is 12.4. The highest BCUT2D eigenvalue weighted by Crippen LogP contribution is 2.29. The molecule has 0 fully saturated rings. The molecule has 1 amide bonds. The molecule has 4 nitrogen and oxygen atoms in total. The number of nitrogens with zero attached hydrogens (tertiary/aromatic N) is 1. The molecule has 0 aromatic heterocycles. The molecule has 0 atom stereocenters. The number of benzene rings is 4. The van der Waals surface area contributed by atoms with Crippen molar-refractivity contribution in [1.82, 2.24) is 0 Å². The number of fused-ring (bicyclic) bond motifs is 1. The molecule has 0 unspecified atom stereocenters. The van der Waals surface area contributed by atoms with Gasteiger partial charge in [0.1, 0.15) is 24.0 Å². The van der Waals surface area contributed by atoms with Crippen LogP contribution in [0.15, 0.2) is 101 Å². The number of amides is 1. The molecule has 4 aromatic rings. The van der Waals surface area contributed by atoms with Crippen LogP contribution in [0.4, 0.5) is 5.69 Å². The second kappa shape index (κ2) is 9.95. The summed E-state index contributed by atoms with van der Waals surface area (Å²) in [6, 6.07) is 30.8. The van der Waals surface area contributed by atoms with Crippen molar-refractivity contribution in [3.63, 3.8) is 0 Å². The molecular formula is C27H19BrN2O2. The van der Waals surface area contributed by atoms with Gasteiger partial charge in [-0.05, 0) is 68.2 Å². The number of anilines is 1. The third-order valence-corrected chi connectivity index (χ3v) is 5.55. The van der Waals surface area contributed by atoms with Gasteiger partial charge in [-0.15, -0.1) is 0 Å². The number of ether oxygens (including phenoxy) is 1. The average molecular weight is 483 g/mol. The molecule has 0 spiro atoms. The Labute approximate surface area is 194 Å². The number of nitrogens with one attached hydrogen (secondary N) is 1. The predicted octanol–water partition coefficient (Wildman–Crippen LogP) is 6.73. The summed E-state index contributed by atoms with van der Waals surface area (Å²) in [7, 11) is 0. The lowest BCUT2D eigenvalue weighted by Gasteiger charge is -2.11. The molecule has 0 radical (unpaired) electrons. The fourth-order valence-electron chi connectivity index (χ4n) is 3.33. The van der Waals surface area contributed by atoms with Gasteiger partial charge in [-0.2, -0.15) is 5.26 Å². The third-order valence-electron chi connectivity index (χ3n) is 4.93. The Morgan fingerprint density at radius 1 is 0.969 bits per heavy atom. The quantitative estimate of drug-likeness (QED) is 0.244. The van der Waals surface area contributed by atoms with E-state index >= 15 is 0 Å². The number of hydrogen-bond donors (Lipinski definition) is 1. The van der Waals surface area contributed by atoms with Gasteiger partial charge in [0.25, 0.3) is 5.91 Å². The van der Waals surface area contributed by atoms with Crippen LogP contribution in [0.1, 0.15) is 11.1 Å². The van der Waals surface area contributed by atoms with Crippen LogP contribution in [0.5, 0.6) is 5.75 Å². The van der Waals surface area contributed by atoms with Gasteiger partial charge in [0, 0.05) is 5.69 Å². The summed E-state index contributed by atoms with van der Waals surface area (Å²) in [5, 5.41) is 14.5. The van der Waals surface area contributed by atoms with Gasteiger partial charge in [0.2, 0.25) is 0 Å². The van der Waals surface area contributed by atoms with Crippen LogP contribution in [-0.4, -0.2) is 5.91 Å². The lowest BCUT2D eigenvalue weighted by molar-refractivity contribution is -0.112. The molecule has 0 saturated carbocycles. The third kappa shape index (κ3) is 5.05. The largest absolute Gasteiger partial charge is 0.488 e. The van der Waals surface area contributed by atoms with Gasteiger partial charge < -0.3 is 10.1 Å². The van der Waals surface area contributed by atoms with Crippen LogP contribution in [-0.2, 0) is 11.4 Å². The number of para-hydroxylation sites is 1. The molecule has 1 N–H and O–H groups in total. The highest BCUT2D eigenvalue weighted by molar-refractivity contribution is 9.10. The Morgan fingerprint density at radius 2 is 1.72 bits per heavy atom. The van der Waals surface area contributed by atoms with Gasteiger partial charge >= 0.3 is 0 Å². The molecule has 0 bridgehead atoms. The SMILES string of the molecule is N#C/C(=C/c1ccc(OCc2cccc3ccccc23)c(Br)c1)C(=O)Nc1ccccc1. The summed E-state index contributed by atoms with van der Waals surface area (Å²) in [5.74, 6) is 0.230. The van der Waals surface area contributed by atoms with Crippen LogP contribution >= 0.6 is 15.9 Å². The monoisotopic (exact) mass is 482 g/mol. The first-order valence-corrected chi connectivity index (χ1v) is 10.8. The maximum absolute atomic E-state index is 12.4. The predicted molar refractivity (Wildman–Crippen MR) is 131 cm³/mol. The zero-order valence-corrected chi connectivity index (χ0v) is 18.7. The highest BCUT2D eigenvalue weighted by atomic mass is 79.9. The zero-order valence-electron chi connectivity index (χ0n) is 17.1. The molecule has 0 heterocycles. The van der Waals surface area contributed by atoms with Gasteiger partial charge in [-0.1, -0.05) is 66.7 Å². The zero-order chi connectivity index (χ0) is 22.3. The minimum Gasteiger partial charge on any atom is -0.488 e. The fourth-order valence-corrected chi connectivity index (χ4v) is 3.84. The van der Waals surface area contributed by atoms with Crippen molar-refractivity contribution >= 4 is 44.4 Å². The van der Waals surface area contributed by atoms with Crippen LogP contribution < -0.4 is 10.1 Å². The first-order chi connectivity index (χ1) is 15.6. The normalized spacial score (nSPS) is 11.1. The van der Waals surface area contributed by atoms with Crippen LogP contribution in [0.25, 0.3) is 16.8 Å². The first kappa shape index (κ1) is 21.4. The molecule has 4 rings (SSSR count). The van der Waals surface area contributed by atoms with E-state index in [9.17, 15) is 10.1 Å². The Morgan fingerprint density at radius 3 is 2.50 bits per heavy atom. The van der Waals surface area contributed by atoms with Gasteiger partial charge in [-0.25, -0.2) is 0 Å². The molecule has 5 heteroatoms. The molecule has 156 valence electrons. The first-order valence-electron chi connectivity index (χ1n) is 10.0. The second-order valence-corrected chi connectivity index (χ2v) is 7.96. The molecule has 0 aliphatic heterocycles. The maximum Gasteiger partial charge on any atom is 0.266 e. The van der Waals surface area contributed by atoms with Crippen molar-refractivity contribution in [2.45, 2.75) is 6.61 Å². The van der Waals surface area contributed by atoms with Gasteiger partial charge in [0.15, 0.2) is 0 Å². The second-order valence-electron chi connectivity index (χ2n) is 7.11. The Kier molecular flexibility index (Phi) is 6.64. The summed E-state index contributed by atoms with van der Waals surface area (Å²) >= 11 is 3.54. The number of carbonyl (C=O) groups excluding carboxylic acids is 1. The lowest BCUT2D eigenvalue weighted by Crippen LogP contribution is -2.13. The maximum atomic E-state index is 12.4. The molecular weight excluding hydrogens is 464 g/mol.